The minimum Gasteiger partial charge on any atom is -0.497 e. The number of allylic oxidation sites excluding steroid dienone is 1. The fourth-order valence-electron chi connectivity index (χ4n) is 3.28. The number of methoxy groups -OCH3 is 2. The molecule has 3 rings (SSSR count). The van der Waals surface area contributed by atoms with Crippen molar-refractivity contribution in [3.8, 4) is 17.6 Å². The number of benzene rings is 1. The van der Waals surface area contributed by atoms with Crippen molar-refractivity contribution in [2.24, 2.45) is 5.73 Å². The van der Waals surface area contributed by atoms with Gasteiger partial charge in [-0.1, -0.05) is 12.1 Å². The Bertz CT molecular complexity index is 984. The fourth-order valence-corrected chi connectivity index (χ4v) is 3.28. The lowest BCUT2D eigenvalue weighted by molar-refractivity contribution is 0.185. The highest BCUT2D eigenvalue weighted by Gasteiger charge is 2.34. The number of hydrogen-bond acceptors (Lipinski definition) is 6. The standard InChI is InChI=1S/C20H21N3O4/c1-12-10-16-18(20(24)23(12)8-9-25-2)17(15(11-21)19(22)27-16)13-4-6-14(26-3)7-5-13/h4-7,10,17H,8-9,22H2,1-3H3. The van der Waals surface area contributed by atoms with Crippen molar-refractivity contribution in [1.82, 2.24) is 4.57 Å². The van der Waals surface area contributed by atoms with Crippen LogP contribution in [0.5, 0.6) is 11.5 Å². The third kappa shape index (κ3) is 3.27. The van der Waals surface area contributed by atoms with Crippen molar-refractivity contribution in [2.75, 3.05) is 20.8 Å². The molecule has 140 valence electrons. The molecule has 0 radical (unpaired) electrons. The molecule has 2 heterocycles. The van der Waals surface area contributed by atoms with E-state index in [2.05, 4.69) is 6.07 Å². The Morgan fingerprint density at radius 2 is 2.00 bits per heavy atom. The monoisotopic (exact) mass is 367 g/mol. The number of aromatic nitrogens is 1. The van der Waals surface area contributed by atoms with Gasteiger partial charge in [-0.2, -0.15) is 5.26 Å². The molecule has 0 spiro atoms. The highest BCUT2D eigenvalue weighted by atomic mass is 16.5. The Hall–Kier alpha value is -3.24. The van der Waals surface area contributed by atoms with E-state index in [0.717, 1.165) is 11.3 Å². The van der Waals surface area contributed by atoms with Gasteiger partial charge in [-0.05, 0) is 24.6 Å². The molecule has 0 saturated carbocycles. The Kier molecular flexibility index (Phi) is 5.19. The first-order valence-corrected chi connectivity index (χ1v) is 8.46. The lowest BCUT2D eigenvalue weighted by atomic mass is 9.84. The van der Waals surface area contributed by atoms with Crippen LogP contribution in [-0.2, 0) is 11.3 Å². The molecule has 0 amide bonds. The number of rotatable bonds is 5. The summed E-state index contributed by atoms with van der Waals surface area (Å²) in [6.07, 6.45) is 0. The van der Waals surface area contributed by atoms with E-state index in [1.165, 1.54) is 0 Å². The van der Waals surface area contributed by atoms with Crippen molar-refractivity contribution < 1.29 is 14.2 Å². The van der Waals surface area contributed by atoms with E-state index in [4.69, 9.17) is 19.9 Å². The van der Waals surface area contributed by atoms with Crippen molar-refractivity contribution >= 4 is 0 Å². The summed E-state index contributed by atoms with van der Waals surface area (Å²) in [6.45, 7) is 2.63. The van der Waals surface area contributed by atoms with E-state index in [1.807, 2.05) is 19.1 Å². The minimum atomic E-state index is -0.605. The molecule has 0 saturated heterocycles. The van der Waals surface area contributed by atoms with Gasteiger partial charge in [0.2, 0.25) is 5.88 Å². The number of nitrogens with two attached hydrogens (primary N) is 1. The number of nitrogens with zero attached hydrogens (tertiary/aromatic N) is 2. The summed E-state index contributed by atoms with van der Waals surface area (Å²) in [7, 11) is 3.16. The number of hydrogen-bond donors (Lipinski definition) is 1. The smallest absolute Gasteiger partial charge is 0.258 e. The SMILES string of the molecule is COCCn1c(C)cc2c(c1=O)C(c1ccc(OC)cc1)C(C#N)=C(N)O2. The number of nitriles is 1. The molecule has 2 aromatic rings. The molecule has 1 unspecified atom stereocenters. The van der Waals surface area contributed by atoms with Gasteiger partial charge in [-0.15, -0.1) is 0 Å². The fraction of sp³-hybridized carbons (Fsp3) is 0.300. The van der Waals surface area contributed by atoms with Crippen LogP contribution in [0, 0.1) is 18.3 Å². The molecular weight excluding hydrogens is 346 g/mol. The maximum atomic E-state index is 13.2. The second-order valence-corrected chi connectivity index (χ2v) is 6.21. The zero-order valence-corrected chi connectivity index (χ0v) is 15.5. The molecule has 0 aliphatic carbocycles. The lowest BCUT2D eigenvalue weighted by Gasteiger charge is -2.27. The number of fused-ring (bicyclic) bond motifs is 1. The predicted molar refractivity (Wildman–Crippen MR) is 99.6 cm³/mol. The quantitative estimate of drug-likeness (QED) is 0.868. The van der Waals surface area contributed by atoms with Crippen molar-refractivity contribution in [3.63, 3.8) is 0 Å². The Balaban J connectivity index is 2.23. The average Bonchev–Trinajstić information content (AvgIpc) is 2.67. The lowest BCUT2D eigenvalue weighted by Crippen LogP contribution is -2.33. The zero-order chi connectivity index (χ0) is 19.6. The molecule has 0 fully saturated rings. The van der Waals surface area contributed by atoms with Crippen molar-refractivity contribution in [2.45, 2.75) is 19.4 Å². The van der Waals surface area contributed by atoms with Crippen LogP contribution in [0.15, 0.2) is 46.6 Å². The van der Waals surface area contributed by atoms with Gasteiger partial charge in [0.25, 0.3) is 5.56 Å². The van der Waals surface area contributed by atoms with Crippen LogP contribution >= 0.6 is 0 Å². The van der Waals surface area contributed by atoms with E-state index in [1.54, 1.807) is 37.0 Å². The van der Waals surface area contributed by atoms with Gasteiger partial charge in [-0.3, -0.25) is 4.79 Å². The maximum absolute atomic E-state index is 13.2. The van der Waals surface area contributed by atoms with Crippen LogP contribution in [0.3, 0.4) is 0 Å². The van der Waals surface area contributed by atoms with Crippen molar-refractivity contribution in [3.05, 3.63) is 69.0 Å². The third-order valence-electron chi connectivity index (χ3n) is 4.66. The zero-order valence-electron chi connectivity index (χ0n) is 15.5. The molecule has 27 heavy (non-hydrogen) atoms. The molecule has 1 aromatic heterocycles. The van der Waals surface area contributed by atoms with Gasteiger partial charge in [-0.25, -0.2) is 0 Å². The van der Waals surface area contributed by atoms with Crippen LogP contribution in [0.25, 0.3) is 0 Å². The van der Waals surface area contributed by atoms with E-state index in [-0.39, 0.29) is 17.0 Å². The summed E-state index contributed by atoms with van der Waals surface area (Å²) >= 11 is 0. The number of ether oxygens (including phenoxy) is 3. The van der Waals surface area contributed by atoms with Crippen LogP contribution < -0.4 is 20.8 Å². The molecule has 1 aromatic carbocycles. The van der Waals surface area contributed by atoms with Crippen LogP contribution in [0.1, 0.15) is 22.7 Å². The summed E-state index contributed by atoms with van der Waals surface area (Å²) in [6, 6.07) is 11.1. The molecule has 1 aliphatic rings. The third-order valence-corrected chi connectivity index (χ3v) is 4.66. The highest BCUT2D eigenvalue weighted by Crippen LogP contribution is 2.40. The summed E-state index contributed by atoms with van der Waals surface area (Å²) in [5.41, 5.74) is 7.88. The van der Waals surface area contributed by atoms with Crippen LogP contribution in [-0.4, -0.2) is 25.4 Å². The average molecular weight is 367 g/mol. The second kappa shape index (κ2) is 7.56. The Labute approximate surface area is 157 Å². The van der Waals surface area contributed by atoms with E-state index < -0.39 is 5.92 Å². The molecule has 0 bridgehead atoms. The summed E-state index contributed by atoms with van der Waals surface area (Å²) in [5.74, 6) is 0.470. The molecule has 7 nitrogen and oxygen atoms in total. The maximum Gasteiger partial charge on any atom is 0.258 e. The van der Waals surface area contributed by atoms with Gasteiger partial charge in [0.15, 0.2) is 0 Å². The van der Waals surface area contributed by atoms with Crippen LogP contribution in [0.4, 0.5) is 0 Å². The van der Waals surface area contributed by atoms with Gasteiger partial charge in [0.05, 0.1) is 25.2 Å². The van der Waals surface area contributed by atoms with E-state index in [0.29, 0.717) is 30.2 Å². The van der Waals surface area contributed by atoms with Gasteiger partial charge < -0.3 is 24.5 Å². The summed E-state index contributed by atoms with van der Waals surface area (Å²) in [4.78, 5) is 13.2. The van der Waals surface area contributed by atoms with Crippen molar-refractivity contribution in [1.29, 1.82) is 5.26 Å². The predicted octanol–water partition coefficient (Wildman–Crippen LogP) is 2.03. The normalized spacial score (nSPS) is 15.7. The first-order chi connectivity index (χ1) is 13.0. The number of pyridine rings is 1. The largest absolute Gasteiger partial charge is 0.497 e. The first kappa shape index (κ1) is 18.5. The number of aryl methyl sites for hydroxylation is 1. The summed E-state index contributed by atoms with van der Waals surface area (Å²) in [5, 5.41) is 9.65. The highest BCUT2D eigenvalue weighted by molar-refractivity contribution is 5.55. The first-order valence-electron chi connectivity index (χ1n) is 8.46. The topological polar surface area (TPSA) is 99.5 Å². The van der Waals surface area contributed by atoms with Gasteiger partial charge in [0.1, 0.15) is 23.1 Å². The molecule has 1 aliphatic heterocycles. The van der Waals surface area contributed by atoms with E-state index in [9.17, 15) is 10.1 Å². The second-order valence-electron chi connectivity index (χ2n) is 6.21. The Morgan fingerprint density at radius 1 is 1.30 bits per heavy atom. The molecule has 2 N–H and O–H groups in total. The molecular formula is C20H21N3O4. The molecule has 7 heteroatoms. The van der Waals surface area contributed by atoms with Crippen LogP contribution in [0.2, 0.25) is 0 Å². The Morgan fingerprint density at radius 3 is 2.59 bits per heavy atom. The minimum absolute atomic E-state index is 0.0132. The van der Waals surface area contributed by atoms with Gasteiger partial charge in [0, 0.05) is 25.4 Å². The molecule has 1 atom stereocenters. The van der Waals surface area contributed by atoms with Gasteiger partial charge >= 0.3 is 0 Å². The van der Waals surface area contributed by atoms with E-state index >= 15 is 0 Å². The summed E-state index contributed by atoms with van der Waals surface area (Å²) < 4.78 is 17.5.